The molecule has 0 fully saturated rings. The molecule has 0 bridgehead atoms. The molecule has 0 aliphatic carbocycles. The van der Waals surface area contributed by atoms with E-state index in [1.807, 2.05) is 48.5 Å². The van der Waals surface area contributed by atoms with Gasteiger partial charge >= 0.3 is 5.97 Å². The molecule has 4 rings (SSSR count). The van der Waals surface area contributed by atoms with Crippen molar-refractivity contribution < 1.29 is 14.6 Å². The van der Waals surface area contributed by atoms with Crippen molar-refractivity contribution in [2.75, 3.05) is 6.61 Å². The molecule has 0 radical (unpaired) electrons. The Hall–Kier alpha value is -3.90. The molecule has 174 valence electrons. The molecule has 0 unspecified atom stereocenters. The Morgan fingerprint density at radius 1 is 1.03 bits per heavy atom. The number of carbonyl (C=O) groups is 1. The lowest BCUT2D eigenvalue weighted by Crippen LogP contribution is -2.21. The number of nitrogens with zero attached hydrogens (tertiary/aromatic N) is 1. The van der Waals surface area contributed by atoms with Crippen LogP contribution in [0.3, 0.4) is 0 Å². The molecular weight excluding hydrogens is 426 g/mol. The fourth-order valence-corrected chi connectivity index (χ4v) is 3.76. The normalized spacial score (nSPS) is 11.8. The lowest BCUT2D eigenvalue weighted by Gasteiger charge is -2.10. The van der Waals surface area contributed by atoms with E-state index in [0.29, 0.717) is 35.0 Å². The molecule has 34 heavy (non-hydrogen) atoms. The highest BCUT2D eigenvalue weighted by Crippen LogP contribution is 2.32. The van der Waals surface area contributed by atoms with Crippen LogP contribution in [0, 0.1) is 0 Å². The molecule has 1 aromatic heterocycles. The third-order valence-corrected chi connectivity index (χ3v) is 5.47. The predicted molar refractivity (Wildman–Crippen MR) is 136 cm³/mol. The van der Waals surface area contributed by atoms with E-state index in [-0.39, 0.29) is 5.88 Å². The largest absolute Gasteiger partial charge is 0.494 e. The summed E-state index contributed by atoms with van der Waals surface area (Å²) in [5.74, 6) is -0.402. The lowest BCUT2D eigenvalue weighted by atomic mass is 10.00. The molecule has 0 saturated carbocycles. The second kappa shape index (κ2) is 10.4. The van der Waals surface area contributed by atoms with Crippen LogP contribution < -0.4 is 5.32 Å². The van der Waals surface area contributed by atoms with Crippen molar-refractivity contribution in [1.82, 2.24) is 10.3 Å². The van der Waals surface area contributed by atoms with E-state index in [0.717, 1.165) is 23.2 Å². The SMILES string of the molecule is CCOC(=O)c1ccc2c(C(=Nc3ccc(CNC(C)C)cc3)c3ccccc3)c(O)[nH]c2c1. The van der Waals surface area contributed by atoms with Crippen molar-refractivity contribution in [2.45, 2.75) is 33.4 Å². The van der Waals surface area contributed by atoms with Crippen LogP contribution in [0.4, 0.5) is 5.69 Å². The number of aromatic amines is 1. The average Bonchev–Trinajstić information content (AvgIpc) is 3.17. The van der Waals surface area contributed by atoms with Gasteiger partial charge < -0.3 is 20.1 Å². The molecule has 0 amide bonds. The number of aromatic hydroxyl groups is 1. The maximum Gasteiger partial charge on any atom is 0.338 e. The Labute approximate surface area is 199 Å². The summed E-state index contributed by atoms with van der Waals surface area (Å²) in [7, 11) is 0. The molecule has 0 saturated heterocycles. The first-order valence-corrected chi connectivity index (χ1v) is 11.4. The van der Waals surface area contributed by atoms with E-state index < -0.39 is 5.97 Å². The zero-order valence-corrected chi connectivity index (χ0v) is 19.6. The standard InChI is InChI=1S/C28H29N3O3/c1-4-34-28(33)21-12-15-23-24(16-21)31-27(32)25(23)26(20-8-6-5-7-9-20)30-22-13-10-19(11-14-22)17-29-18(2)3/h5-16,18,29,31-32H,4,17H2,1-3H3. The van der Waals surface area contributed by atoms with Gasteiger partial charge in [0.2, 0.25) is 0 Å². The summed E-state index contributed by atoms with van der Waals surface area (Å²) in [6.07, 6.45) is 0. The molecule has 0 aliphatic heterocycles. The molecule has 3 aromatic carbocycles. The Morgan fingerprint density at radius 2 is 1.76 bits per heavy atom. The highest BCUT2D eigenvalue weighted by atomic mass is 16.5. The average molecular weight is 456 g/mol. The number of rotatable bonds is 8. The van der Waals surface area contributed by atoms with E-state index in [1.165, 1.54) is 5.56 Å². The summed E-state index contributed by atoms with van der Waals surface area (Å²) in [6.45, 7) is 7.10. The van der Waals surface area contributed by atoms with Crippen LogP contribution in [0.5, 0.6) is 5.88 Å². The molecule has 3 N–H and O–H groups in total. The van der Waals surface area contributed by atoms with Gasteiger partial charge in [0.1, 0.15) is 0 Å². The second-order valence-electron chi connectivity index (χ2n) is 8.36. The number of H-pyrrole nitrogens is 1. The van der Waals surface area contributed by atoms with E-state index in [9.17, 15) is 9.90 Å². The van der Waals surface area contributed by atoms with Gasteiger partial charge in [0, 0.05) is 29.1 Å². The third kappa shape index (κ3) is 5.18. The topological polar surface area (TPSA) is 86.7 Å². The van der Waals surface area contributed by atoms with Gasteiger partial charge in [0.25, 0.3) is 0 Å². The summed E-state index contributed by atoms with van der Waals surface area (Å²) in [5, 5.41) is 15.1. The third-order valence-electron chi connectivity index (χ3n) is 5.47. The van der Waals surface area contributed by atoms with Crippen LogP contribution in [0.15, 0.2) is 77.8 Å². The highest BCUT2D eigenvalue weighted by molar-refractivity contribution is 6.22. The van der Waals surface area contributed by atoms with Crippen LogP contribution in [-0.4, -0.2) is 34.4 Å². The van der Waals surface area contributed by atoms with Crippen molar-refractivity contribution in [2.24, 2.45) is 4.99 Å². The van der Waals surface area contributed by atoms with Gasteiger partial charge in [-0.15, -0.1) is 0 Å². The predicted octanol–water partition coefficient (Wildman–Crippen LogP) is 5.72. The van der Waals surface area contributed by atoms with Gasteiger partial charge in [-0.2, -0.15) is 0 Å². The van der Waals surface area contributed by atoms with E-state index in [1.54, 1.807) is 19.1 Å². The van der Waals surface area contributed by atoms with Gasteiger partial charge in [-0.3, -0.25) is 0 Å². The number of hydrogen-bond donors (Lipinski definition) is 3. The number of nitrogens with one attached hydrogen (secondary N) is 2. The molecule has 0 spiro atoms. The Bertz CT molecular complexity index is 1310. The first kappa shape index (κ1) is 23.3. The maximum absolute atomic E-state index is 12.2. The van der Waals surface area contributed by atoms with Gasteiger partial charge in [0.05, 0.1) is 29.1 Å². The fourth-order valence-electron chi connectivity index (χ4n) is 3.76. The second-order valence-corrected chi connectivity index (χ2v) is 8.36. The van der Waals surface area contributed by atoms with Crippen LogP contribution in [0.1, 0.15) is 47.8 Å². The minimum absolute atomic E-state index is 0.00337. The zero-order chi connectivity index (χ0) is 24.1. The van der Waals surface area contributed by atoms with Crippen molar-refractivity contribution >= 4 is 28.3 Å². The number of aromatic nitrogens is 1. The lowest BCUT2D eigenvalue weighted by molar-refractivity contribution is 0.0526. The van der Waals surface area contributed by atoms with Crippen LogP contribution in [0.25, 0.3) is 10.9 Å². The maximum atomic E-state index is 12.2. The summed E-state index contributed by atoms with van der Waals surface area (Å²) in [5.41, 5.74) is 5.12. The molecule has 6 nitrogen and oxygen atoms in total. The van der Waals surface area contributed by atoms with Gasteiger partial charge in [-0.1, -0.05) is 62.4 Å². The minimum Gasteiger partial charge on any atom is -0.494 e. The molecule has 4 aromatic rings. The monoisotopic (exact) mass is 455 g/mol. The van der Waals surface area contributed by atoms with E-state index in [4.69, 9.17) is 9.73 Å². The van der Waals surface area contributed by atoms with E-state index in [2.05, 4.69) is 36.3 Å². The molecule has 1 heterocycles. The number of hydrogen-bond acceptors (Lipinski definition) is 5. The van der Waals surface area contributed by atoms with Crippen LogP contribution >= 0.6 is 0 Å². The van der Waals surface area contributed by atoms with Crippen LogP contribution in [0.2, 0.25) is 0 Å². The summed E-state index contributed by atoms with van der Waals surface area (Å²) < 4.78 is 5.11. The minimum atomic E-state index is -0.399. The van der Waals surface area contributed by atoms with Crippen molar-refractivity contribution in [3.8, 4) is 5.88 Å². The molecule has 6 heteroatoms. The Morgan fingerprint density at radius 3 is 2.44 bits per heavy atom. The van der Waals surface area contributed by atoms with Crippen LogP contribution in [-0.2, 0) is 11.3 Å². The number of aliphatic imine (C=N–C) groups is 1. The number of fused-ring (bicyclic) bond motifs is 1. The quantitative estimate of drug-likeness (QED) is 0.234. The van der Waals surface area contributed by atoms with Crippen molar-refractivity contribution in [3.05, 3.63) is 95.1 Å². The molecule has 0 atom stereocenters. The number of carbonyl (C=O) groups excluding carboxylic acids is 1. The van der Waals surface area contributed by atoms with E-state index >= 15 is 0 Å². The summed E-state index contributed by atoms with van der Waals surface area (Å²) in [6, 6.07) is 23.4. The molecular formula is C28H29N3O3. The van der Waals surface area contributed by atoms with Gasteiger partial charge in [0.15, 0.2) is 5.88 Å². The summed E-state index contributed by atoms with van der Waals surface area (Å²) >= 11 is 0. The molecule has 0 aliphatic rings. The van der Waals surface area contributed by atoms with Gasteiger partial charge in [-0.05, 0) is 36.8 Å². The number of ether oxygens (including phenoxy) is 1. The Kier molecular flexibility index (Phi) is 7.09. The first-order chi connectivity index (χ1) is 16.5. The van der Waals surface area contributed by atoms with Crippen molar-refractivity contribution in [1.29, 1.82) is 0 Å². The summed E-state index contributed by atoms with van der Waals surface area (Å²) in [4.78, 5) is 20.1. The smallest absolute Gasteiger partial charge is 0.338 e. The first-order valence-electron chi connectivity index (χ1n) is 11.4. The Balaban J connectivity index is 1.78. The number of esters is 1. The van der Waals surface area contributed by atoms with Gasteiger partial charge in [-0.25, -0.2) is 9.79 Å². The highest BCUT2D eigenvalue weighted by Gasteiger charge is 2.20. The van der Waals surface area contributed by atoms with Crippen molar-refractivity contribution in [3.63, 3.8) is 0 Å². The zero-order valence-electron chi connectivity index (χ0n) is 19.6. The number of benzene rings is 3. The fraction of sp³-hybridized carbons (Fsp3) is 0.214.